The monoisotopic (exact) mass is 494 g/mol. The van der Waals surface area contributed by atoms with Gasteiger partial charge in [-0.3, -0.25) is 0 Å². The Morgan fingerprint density at radius 1 is 0.625 bits per heavy atom. The molecule has 0 saturated carbocycles. The van der Waals surface area contributed by atoms with Crippen LogP contribution in [-0.4, -0.2) is 38.0 Å². The van der Waals surface area contributed by atoms with Gasteiger partial charge in [0.25, 0.3) is 0 Å². The summed E-state index contributed by atoms with van der Waals surface area (Å²) in [4.78, 5) is 26.1. The normalized spacial score (nSPS) is 14.4. The minimum absolute atomic E-state index is 0.684. The number of rotatable bonds is 5. The third-order valence-corrected chi connectivity index (χ3v) is 9.05. The van der Waals surface area contributed by atoms with Gasteiger partial charge in [-0.25, -0.2) is 9.97 Å². The fraction of sp³-hybridized carbons (Fsp3) is 0.227. The second kappa shape index (κ2) is 8.93. The van der Waals surface area contributed by atoms with Crippen LogP contribution in [0, 0.1) is 0 Å². The van der Waals surface area contributed by atoms with E-state index < -0.39 is 0 Å². The van der Waals surface area contributed by atoms with Crippen LogP contribution in [0.25, 0.3) is 20.4 Å². The fourth-order valence-electron chi connectivity index (χ4n) is 3.60. The van der Waals surface area contributed by atoms with Gasteiger partial charge in [0.1, 0.15) is 0 Å². The fourth-order valence-corrected chi connectivity index (χ4v) is 7.49. The molecule has 0 unspecified atom stereocenters. The van der Waals surface area contributed by atoms with Crippen LogP contribution >= 0.6 is 46.2 Å². The molecule has 2 aromatic carbocycles. The van der Waals surface area contributed by atoms with Gasteiger partial charge in [-0.05, 0) is 67.1 Å². The molecule has 0 radical (unpaired) electrons. The van der Waals surface area contributed by atoms with Crippen LogP contribution in [0.5, 0.6) is 0 Å². The van der Waals surface area contributed by atoms with Gasteiger partial charge < -0.3 is 4.90 Å². The lowest BCUT2D eigenvalue weighted by molar-refractivity contribution is 0.560. The van der Waals surface area contributed by atoms with Gasteiger partial charge in [0.15, 0.2) is 8.68 Å². The minimum atomic E-state index is 0.684. The van der Waals surface area contributed by atoms with Crippen molar-refractivity contribution in [3.8, 4) is 0 Å². The largest absolute Gasteiger partial charge is 0.341 e. The zero-order valence-corrected chi connectivity index (χ0v) is 20.2. The highest BCUT2D eigenvalue weighted by Crippen LogP contribution is 2.37. The molecule has 6 rings (SSSR count). The summed E-state index contributed by atoms with van der Waals surface area (Å²) in [6, 6.07) is 16.4. The number of anilines is 1. The molecule has 6 nitrogen and oxygen atoms in total. The number of benzene rings is 2. The summed E-state index contributed by atoms with van der Waals surface area (Å²) in [5, 5.41) is 1.37. The predicted molar refractivity (Wildman–Crippen MR) is 133 cm³/mol. The number of thiazole rings is 2. The maximum absolute atomic E-state index is 4.81. The van der Waals surface area contributed by atoms with Crippen molar-refractivity contribution in [1.29, 1.82) is 0 Å². The lowest BCUT2D eigenvalue weighted by Gasteiger charge is -2.26. The number of hydrogen-bond acceptors (Lipinski definition) is 10. The second-order valence-corrected chi connectivity index (χ2v) is 11.8. The van der Waals surface area contributed by atoms with E-state index in [-0.39, 0.29) is 0 Å². The number of aromatic nitrogens is 5. The molecular formula is C22H18N6S4. The van der Waals surface area contributed by atoms with Crippen LogP contribution in [0.3, 0.4) is 0 Å². The van der Waals surface area contributed by atoms with E-state index in [1.54, 1.807) is 22.7 Å². The third-order valence-electron chi connectivity index (χ3n) is 5.13. The first-order chi connectivity index (χ1) is 15.8. The van der Waals surface area contributed by atoms with Crippen molar-refractivity contribution in [2.45, 2.75) is 38.3 Å². The minimum Gasteiger partial charge on any atom is -0.341 e. The highest BCUT2D eigenvalue weighted by molar-refractivity contribution is 8.01. The second-order valence-electron chi connectivity index (χ2n) is 7.35. The summed E-state index contributed by atoms with van der Waals surface area (Å²) in [6.07, 6.45) is 3.61. The van der Waals surface area contributed by atoms with E-state index in [0.717, 1.165) is 38.8 Å². The number of fused-ring (bicyclic) bond motifs is 2. The van der Waals surface area contributed by atoms with E-state index in [1.165, 1.54) is 52.2 Å². The summed E-state index contributed by atoms with van der Waals surface area (Å²) < 4.78 is 4.23. The summed E-state index contributed by atoms with van der Waals surface area (Å²) in [5.74, 6) is 0.756. The van der Waals surface area contributed by atoms with E-state index in [9.17, 15) is 0 Å². The molecule has 3 aromatic heterocycles. The SMILES string of the molecule is c1ccc2sc(Sc3nc(Sc4nc5ccccc5s4)nc(N4CCCCC4)n3)nc2c1. The molecule has 4 heterocycles. The van der Waals surface area contributed by atoms with E-state index >= 15 is 0 Å². The number of piperidine rings is 1. The highest BCUT2D eigenvalue weighted by Gasteiger charge is 2.19. The average molecular weight is 495 g/mol. The van der Waals surface area contributed by atoms with Crippen molar-refractivity contribution in [3.63, 3.8) is 0 Å². The first-order valence-corrected chi connectivity index (χ1v) is 13.6. The molecule has 0 amide bonds. The van der Waals surface area contributed by atoms with E-state index in [2.05, 4.69) is 17.0 Å². The summed E-state index contributed by atoms with van der Waals surface area (Å²) in [6.45, 7) is 1.97. The van der Waals surface area contributed by atoms with Gasteiger partial charge in [-0.15, -0.1) is 22.7 Å². The summed E-state index contributed by atoms with van der Waals surface area (Å²) in [7, 11) is 0. The Labute approximate surface area is 201 Å². The first kappa shape index (κ1) is 20.3. The van der Waals surface area contributed by atoms with E-state index in [0.29, 0.717) is 10.3 Å². The molecule has 0 N–H and O–H groups in total. The molecule has 1 fully saturated rings. The Bertz CT molecular complexity index is 1230. The lowest BCUT2D eigenvalue weighted by Crippen LogP contribution is -2.31. The Hall–Kier alpha value is -2.27. The molecule has 10 heteroatoms. The van der Waals surface area contributed by atoms with Gasteiger partial charge in [-0.1, -0.05) is 24.3 Å². The molecule has 0 aliphatic carbocycles. The lowest BCUT2D eigenvalue weighted by atomic mass is 10.1. The number of nitrogens with zero attached hydrogens (tertiary/aromatic N) is 6. The molecule has 32 heavy (non-hydrogen) atoms. The molecule has 1 saturated heterocycles. The Kier molecular flexibility index (Phi) is 5.68. The van der Waals surface area contributed by atoms with Gasteiger partial charge in [-0.2, -0.15) is 15.0 Å². The van der Waals surface area contributed by atoms with Crippen LogP contribution in [0.4, 0.5) is 5.95 Å². The molecular weight excluding hydrogens is 477 g/mol. The summed E-state index contributed by atoms with van der Waals surface area (Å²) in [5.41, 5.74) is 2.02. The van der Waals surface area contributed by atoms with Crippen molar-refractivity contribution < 1.29 is 0 Å². The quantitative estimate of drug-likeness (QED) is 0.279. The maximum atomic E-state index is 4.81. The zero-order chi connectivity index (χ0) is 21.3. The first-order valence-electron chi connectivity index (χ1n) is 10.4. The number of para-hydroxylation sites is 2. The Morgan fingerprint density at radius 3 is 1.69 bits per heavy atom. The van der Waals surface area contributed by atoms with Gasteiger partial charge >= 0.3 is 0 Å². The van der Waals surface area contributed by atoms with Crippen molar-refractivity contribution in [2.75, 3.05) is 18.0 Å². The van der Waals surface area contributed by atoms with Crippen LogP contribution in [-0.2, 0) is 0 Å². The van der Waals surface area contributed by atoms with Crippen molar-refractivity contribution >= 4 is 72.6 Å². The zero-order valence-electron chi connectivity index (χ0n) is 17.0. The molecule has 160 valence electrons. The molecule has 0 spiro atoms. The number of hydrogen-bond donors (Lipinski definition) is 0. The smallest absolute Gasteiger partial charge is 0.230 e. The van der Waals surface area contributed by atoms with Crippen LogP contribution in [0.2, 0.25) is 0 Å². The average Bonchev–Trinajstić information content (AvgIpc) is 3.42. The molecule has 5 aromatic rings. The molecule has 0 atom stereocenters. The summed E-state index contributed by atoms with van der Waals surface area (Å²) >= 11 is 6.35. The van der Waals surface area contributed by atoms with Gasteiger partial charge in [0, 0.05) is 13.1 Å². The van der Waals surface area contributed by atoms with Crippen molar-refractivity contribution in [1.82, 2.24) is 24.9 Å². The van der Waals surface area contributed by atoms with E-state index in [1.807, 2.05) is 36.4 Å². The molecule has 1 aliphatic heterocycles. The Morgan fingerprint density at radius 2 is 1.16 bits per heavy atom. The predicted octanol–water partition coefficient (Wildman–Crippen LogP) is 6.38. The topological polar surface area (TPSA) is 67.7 Å². The molecule has 0 bridgehead atoms. The molecule has 1 aliphatic rings. The van der Waals surface area contributed by atoms with Crippen molar-refractivity contribution in [3.05, 3.63) is 48.5 Å². The Balaban J connectivity index is 1.34. The van der Waals surface area contributed by atoms with Crippen LogP contribution in [0.15, 0.2) is 67.5 Å². The standard InChI is InChI=1S/C22H18N6S4/c1-6-12-28(13-7-1)18-25-19(31-21-23-14-8-2-4-10-16(14)29-21)27-20(26-18)32-22-24-15-9-3-5-11-17(15)30-22/h2-5,8-11H,1,6-7,12-13H2. The maximum Gasteiger partial charge on any atom is 0.230 e. The van der Waals surface area contributed by atoms with E-state index in [4.69, 9.17) is 24.9 Å². The highest BCUT2D eigenvalue weighted by atomic mass is 32.2. The van der Waals surface area contributed by atoms with Gasteiger partial charge in [0.05, 0.1) is 20.4 Å². The third kappa shape index (κ3) is 4.32. The van der Waals surface area contributed by atoms with Gasteiger partial charge in [0.2, 0.25) is 16.3 Å². The van der Waals surface area contributed by atoms with Crippen LogP contribution in [0.1, 0.15) is 19.3 Å². The van der Waals surface area contributed by atoms with Crippen molar-refractivity contribution in [2.24, 2.45) is 0 Å². The van der Waals surface area contributed by atoms with Crippen LogP contribution < -0.4 is 4.90 Å².